The van der Waals surface area contributed by atoms with Gasteiger partial charge in [0.05, 0.1) is 13.2 Å². The van der Waals surface area contributed by atoms with E-state index >= 15 is 0 Å². The number of ether oxygens (including phenoxy) is 1. The van der Waals surface area contributed by atoms with Gasteiger partial charge >= 0.3 is 0 Å². The minimum absolute atomic E-state index is 0.426. The van der Waals surface area contributed by atoms with E-state index in [9.17, 15) is 5.11 Å². The fraction of sp³-hybridized carbons (Fsp3) is 0.538. The van der Waals surface area contributed by atoms with Crippen molar-refractivity contribution in [3.63, 3.8) is 0 Å². The van der Waals surface area contributed by atoms with Crippen LogP contribution in [0.15, 0.2) is 24.3 Å². The molecule has 82 valence electrons. The Morgan fingerprint density at radius 2 is 1.93 bits per heavy atom. The summed E-state index contributed by atoms with van der Waals surface area (Å²) in [6.45, 7) is 5.26. The summed E-state index contributed by atoms with van der Waals surface area (Å²) in [6.07, 6.45) is 1.15. The molecule has 1 fully saturated rings. The zero-order chi connectivity index (χ0) is 10.9. The molecule has 1 aromatic carbocycles. The minimum Gasteiger partial charge on any atom is -0.380 e. The van der Waals surface area contributed by atoms with Crippen LogP contribution in [-0.2, 0) is 10.3 Å². The summed E-state index contributed by atoms with van der Waals surface area (Å²) in [5.74, 6) is 0.589. The molecular formula is C13H18O2. The smallest absolute Gasteiger partial charge is 0.136 e. The zero-order valence-corrected chi connectivity index (χ0v) is 9.36. The third kappa shape index (κ3) is 1.92. The highest BCUT2D eigenvalue weighted by atomic mass is 16.5. The third-order valence-corrected chi connectivity index (χ3v) is 3.31. The molecule has 1 N–H and O–H groups in total. The van der Waals surface area contributed by atoms with Crippen molar-refractivity contribution in [2.24, 2.45) is 0 Å². The average molecular weight is 206 g/mol. The van der Waals surface area contributed by atoms with E-state index in [2.05, 4.69) is 26.0 Å². The molecule has 1 heterocycles. The lowest BCUT2D eigenvalue weighted by Crippen LogP contribution is -2.46. The van der Waals surface area contributed by atoms with Gasteiger partial charge in [-0.3, -0.25) is 0 Å². The molecular weight excluding hydrogens is 188 g/mol. The number of benzene rings is 1. The quantitative estimate of drug-likeness (QED) is 0.823. The molecule has 0 aromatic heterocycles. The van der Waals surface area contributed by atoms with Crippen LogP contribution < -0.4 is 0 Å². The molecule has 0 radical (unpaired) electrons. The first-order valence-corrected chi connectivity index (χ1v) is 5.56. The Balaban J connectivity index is 2.17. The lowest BCUT2D eigenvalue weighted by atomic mass is 9.89. The number of hydrogen-bond acceptors (Lipinski definition) is 2. The van der Waals surface area contributed by atoms with Crippen LogP contribution in [-0.4, -0.2) is 18.3 Å². The van der Waals surface area contributed by atoms with Gasteiger partial charge in [0.15, 0.2) is 0 Å². The lowest BCUT2D eigenvalue weighted by Gasteiger charge is -2.36. The van der Waals surface area contributed by atoms with Gasteiger partial charge in [0, 0.05) is 0 Å². The van der Waals surface area contributed by atoms with Crippen LogP contribution in [0, 0.1) is 0 Å². The molecule has 15 heavy (non-hydrogen) atoms. The van der Waals surface area contributed by atoms with Gasteiger partial charge in [-0.1, -0.05) is 38.1 Å². The van der Waals surface area contributed by atoms with Crippen LogP contribution in [0.25, 0.3) is 0 Å². The summed E-state index contributed by atoms with van der Waals surface area (Å²) in [7, 11) is 0. The molecule has 2 heteroatoms. The van der Waals surface area contributed by atoms with Crippen LogP contribution in [0.1, 0.15) is 37.3 Å². The summed E-state index contributed by atoms with van der Waals surface area (Å²) in [5, 5.41) is 10.0. The third-order valence-electron chi connectivity index (χ3n) is 3.31. The maximum atomic E-state index is 10.0. The SMILES string of the molecule is CCC(C)c1ccc(C2(O)COC2)cc1. The molecule has 1 saturated heterocycles. The topological polar surface area (TPSA) is 29.5 Å². The van der Waals surface area contributed by atoms with Crippen molar-refractivity contribution in [3.8, 4) is 0 Å². The van der Waals surface area contributed by atoms with Crippen LogP contribution >= 0.6 is 0 Å². The average Bonchev–Trinajstić information content (AvgIpc) is 2.25. The van der Waals surface area contributed by atoms with E-state index in [1.165, 1.54) is 5.56 Å². The Morgan fingerprint density at radius 3 is 2.33 bits per heavy atom. The minimum atomic E-state index is -0.728. The first-order chi connectivity index (χ1) is 7.15. The largest absolute Gasteiger partial charge is 0.380 e. The van der Waals surface area contributed by atoms with Crippen LogP contribution in [0.3, 0.4) is 0 Å². The standard InChI is InChI=1S/C13H18O2/c1-3-10(2)11-4-6-12(7-5-11)13(14)8-15-9-13/h4-7,10,14H,3,8-9H2,1-2H3. The maximum absolute atomic E-state index is 10.0. The maximum Gasteiger partial charge on any atom is 0.136 e. The monoisotopic (exact) mass is 206 g/mol. The Hall–Kier alpha value is -0.860. The summed E-state index contributed by atoms with van der Waals surface area (Å²) < 4.78 is 5.04. The molecule has 1 aliphatic rings. The molecule has 0 amide bonds. The molecule has 2 nitrogen and oxygen atoms in total. The van der Waals surface area contributed by atoms with E-state index in [0.29, 0.717) is 19.1 Å². The first-order valence-electron chi connectivity index (χ1n) is 5.56. The van der Waals surface area contributed by atoms with Gasteiger partial charge in [-0.15, -0.1) is 0 Å². The highest BCUT2D eigenvalue weighted by Crippen LogP contribution is 2.30. The van der Waals surface area contributed by atoms with E-state index in [0.717, 1.165) is 12.0 Å². The van der Waals surface area contributed by atoms with Crippen molar-refractivity contribution in [3.05, 3.63) is 35.4 Å². The highest BCUT2D eigenvalue weighted by molar-refractivity contribution is 5.30. The van der Waals surface area contributed by atoms with E-state index in [1.54, 1.807) is 0 Å². The summed E-state index contributed by atoms with van der Waals surface area (Å²) in [4.78, 5) is 0. The van der Waals surface area contributed by atoms with Gasteiger partial charge in [0.25, 0.3) is 0 Å². The lowest BCUT2D eigenvalue weighted by molar-refractivity contribution is -0.184. The van der Waals surface area contributed by atoms with Crippen molar-refractivity contribution in [2.45, 2.75) is 31.8 Å². The number of aliphatic hydroxyl groups is 1. The summed E-state index contributed by atoms with van der Waals surface area (Å²) in [5.41, 5.74) is 1.58. The predicted molar refractivity (Wildman–Crippen MR) is 59.9 cm³/mol. The second-order valence-electron chi connectivity index (χ2n) is 4.46. The first kappa shape index (κ1) is 10.7. The van der Waals surface area contributed by atoms with Gasteiger partial charge < -0.3 is 9.84 Å². The van der Waals surface area contributed by atoms with Crippen molar-refractivity contribution in [1.29, 1.82) is 0 Å². The second-order valence-corrected chi connectivity index (χ2v) is 4.46. The summed E-state index contributed by atoms with van der Waals surface area (Å²) in [6, 6.07) is 8.26. The fourth-order valence-corrected chi connectivity index (χ4v) is 1.82. The van der Waals surface area contributed by atoms with Gasteiger partial charge in [-0.2, -0.15) is 0 Å². The summed E-state index contributed by atoms with van der Waals surface area (Å²) >= 11 is 0. The Labute approximate surface area is 90.9 Å². The number of rotatable bonds is 3. The highest BCUT2D eigenvalue weighted by Gasteiger charge is 2.37. The molecule has 2 rings (SSSR count). The van der Waals surface area contributed by atoms with Crippen molar-refractivity contribution in [1.82, 2.24) is 0 Å². The zero-order valence-electron chi connectivity index (χ0n) is 9.36. The predicted octanol–water partition coefficient (Wildman–Crippen LogP) is 2.42. The van der Waals surface area contributed by atoms with Gasteiger partial charge in [0.1, 0.15) is 5.60 Å². The van der Waals surface area contributed by atoms with E-state index in [-0.39, 0.29) is 0 Å². The second kappa shape index (κ2) is 3.95. The van der Waals surface area contributed by atoms with Crippen LogP contribution in [0.5, 0.6) is 0 Å². The van der Waals surface area contributed by atoms with Gasteiger partial charge in [-0.25, -0.2) is 0 Å². The Morgan fingerprint density at radius 1 is 1.33 bits per heavy atom. The van der Waals surface area contributed by atoms with Gasteiger partial charge in [0.2, 0.25) is 0 Å². The molecule has 0 aliphatic carbocycles. The van der Waals surface area contributed by atoms with Crippen LogP contribution in [0.4, 0.5) is 0 Å². The molecule has 1 aliphatic heterocycles. The molecule has 0 saturated carbocycles. The Kier molecular flexibility index (Phi) is 2.81. The van der Waals surface area contributed by atoms with E-state index in [4.69, 9.17) is 4.74 Å². The van der Waals surface area contributed by atoms with E-state index in [1.807, 2.05) is 12.1 Å². The molecule has 1 unspecified atom stereocenters. The number of hydrogen-bond donors (Lipinski definition) is 1. The van der Waals surface area contributed by atoms with Gasteiger partial charge in [-0.05, 0) is 23.5 Å². The van der Waals surface area contributed by atoms with Crippen molar-refractivity contribution in [2.75, 3.05) is 13.2 Å². The molecule has 1 aromatic rings. The molecule has 0 bridgehead atoms. The molecule has 0 spiro atoms. The molecule has 1 atom stereocenters. The fourth-order valence-electron chi connectivity index (χ4n) is 1.82. The normalized spacial score (nSPS) is 20.7. The Bertz CT molecular complexity index is 325. The van der Waals surface area contributed by atoms with E-state index < -0.39 is 5.60 Å². The van der Waals surface area contributed by atoms with Crippen LogP contribution in [0.2, 0.25) is 0 Å². The van der Waals surface area contributed by atoms with Crippen molar-refractivity contribution < 1.29 is 9.84 Å². The van der Waals surface area contributed by atoms with Crippen molar-refractivity contribution >= 4 is 0 Å².